The van der Waals surface area contributed by atoms with Crippen LogP contribution in [0.3, 0.4) is 0 Å². The first-order chi connectivity index (χ1) is 40.5. The van der Waals surface area contributed by atoms with Crippen LogP contribution in [0.4, 0.5) is 26.3 Å². The fraction of sp³-hybridized carbons (Fsp3) is 0.322. The van der Waals surface area contributed by atoms with Gasteiger partial charge in [0.15, 0.2) is 34.5 Å². The van der Waals surface area contributed by atoms with Gasteiger partial charge >= 0.3 is 12.4 Å². The van der Waals surface area contributed by atoms with Gasteiger partial charge in [-0.25, -0.2) is 39.6 Å². The van der Waals surface area contributed by atoms with Crippen LogP contribution in [0.1, 0.15) is 101 Å². The summed E-state index contributed by atoms with van der Waals surface area (Å²) < 4.78 is 128. The van der Waals surface area contributed by atoms with Crippen molar-refractivity contribution in [3.8, 4) is 80.6 Å². The van der Waals surface area contributed by atoms with E-state index < -0.39 is 23.7 Å². The van der Waals surface area contributed by atoms with E-state index in [2.05, 4.69) is 40.0 Å². The number of imidazole rings is 1. The third kappa shape index (κ3) is 12.2. The molecule has 3 aromatic carbocycles. The molecule has 2 fully saturated rings. The molecular formula is C59H54F6N12O7. The molecule has 0 spiro atoms. The zero-order chi connectivity index (χ0) is 58.9. The van der Waals surface area contributed by atoms with Crippen molar-refractivity contribution >= 4 is 0 Å². The highest BCUT2D eigenvalue weighted by Gasteiger charge is 2.37. The Hall–Kier alpha value is -9.42. The molecule has 0 unspecified atom stereocenters. The van der Waals surface area contributed by atoms with Crippen LogP contribution < -0.4 is 33.2 Å². The Balaban J connectivity index is 0.825. The molecule has 0 radical (unpaired) electrons. The molecule has 6 aromatic heterocycles. The molecule has 11 rings (SSSR count). The summed E-state index contributed by atoms with van der Waals surface area (Å²) in [7, 11) is 5.97. The number of benzene rings is 3. The lowest BCUT2D eigenvalue weighted by molar-refractivity contribution is -0.141. The molecule has 0 aliphatic heterocycles. The highest BCUT2D eigenvalue weighted by Crippen LogP contribution is 2.47. The molecular weight excluding hydrogens is 1100 g/mol. The molecule has 84 heavy (non-hydrogen) atoms. The van der Waals surface area contributed by atoms with Crippen LogP contribution in [0.2, 0.25) is 0 Å². The molecule has 0 saturated heterocycles. The molecule has 0 amide bonds. The lowest BCUT2D eigenvalue weighted by atomic mass is 10.1. The van der Waals surface area contributed by atoms with Gasteiger partial charge in [-0.1, -0.05) is 54.6 Å². The SMILES string of the molecule is CCOc1cc(COc2nc(-c3c(OC)ncnc3C3CC3)ncc2OC)cc(C)c1-n1nc(C(F)(F)F)cc1Cc1ccc(COc2cnc(-c3c(OC)ncnc3C3CC3)nc2OCc2ccc(-c3nc(C(F)(F)F)cn3C)cc2)cc1. The predicted octanol–water partition coefficient (Wildman–Crippen LogP) is 11.6. The maximum Gasteiger partial charge on any atom is 0.435 e. The van der Waals surface area contributed by atoms with E-state index in [0.29, 0.717) is 61.9 Å². The second-order valence-corrected chi connectivity index (χ2v) is 20.0. The van der Waals surface area contributed by atoms with Crippen LogP contribution in [0, 0.1) is 6.92 Å². The molecule has 0 N–H and O–H groups in total. The highest BCUT2D eigenvalue weighted by atomic mass is 19.4. The van der Waals surface area contributed by atoms with Gasteiger partial charge in [-0.3, -0.25) is 0 Å². The van der Waals surface area contributed by atoms with E-state index in [1.807, 2.05) is 0 Å². The van der Waals surface area contributed by atoms with Gasteiger partial charge in [0.05, 0.1) is 51.7 Å². The Morgan fingerprint density at radius 1 is 0.548 bits per heavy atom. The number of rotatable bonds is 22. The van der Waals surface area contributed by atoms with Gasteiger partial charge in [0, 0.05) is 42.8 Å². The number of methoxy groups -OCH3 is 3. The Morgan fingerprint density at radius 3 is 1.62 bits per heavy atom. The van der Waals surface area contributed by atoms with E-state index in [1.165, 1.54) is 62.7 Å². The number of aromatic nitrogens is 12. The summed E-state index contributed by atoms with van der Waals surface area (Å²) >= 11 is 0. The van der Waals surface area contributed by atoms with E-state index >= 15 is 0 Å². The fourth-order valence-corrected chi connectivity index (χ4v) is 9.59. The Morgan fingerprint density at radius 2 is 1.08 bits per heavy atom. The van der Waals surface area contributed by atoms with Crippen molar-refractivity contribution < 1.29 is 59.5 Å². The second kappa shape index (κ2) is 23.4. The molecule has 25 heteroatoms. The molecule has 6 heterocycles. The normalized spacial score (nSPS) is 13.4. The van der Waals surface area contributed by atoms with Crippen molar-refractivity contribution in [2.75, 3.05) is 27.9 Å². The van der Waals surface area contributed by atoms with Crippen molar-refractivity contribution in [1.82, 2.24) is 59.2 Å². The van der Waals surface area contributed by atoms with E-state index in [9.17, 15) is 26.3 Å². The first-order valence-corrected chi connectivity index (χ1v) is 26.7. The molecule has 0 bridgehead atoms. The van der Waals surface area contributed by atoms with Gasteiger partial charge in [-0.15, -0.1) is 0 Å². The van der Waals surface area contributed by atoms with Gasteiger partial charge in [0.25, 0.3) is 11.8 Å². The van der Waals surface area contributed by atoms with Crippen molar-refractivity contribution in [2.45, 2.75) is 90.0 Å². The number of alkyl halides is 6. The summed E-state index contributed by atoms with van der Waals surface area (Å²) in [6.07, 6.45) is 1.26. The monoisotopic (exact) mass is 1160 g/mol. The average molecular weight is 1160 g/mol. The Kier molecular flexibility index (Phi) is 15.8. The molecule has 9 aromatic rings. The van der Waals surface area contributed by atoms with Gasteiger partial charge < -0.3 is 37.7 Å². The van der Waals surface area contributed by atoms with Crippen molar-refractivity contribution in [2.24, 2.45) is 7.05 Å². The zero-order valence-corrected chi connectivity index (χ0v) is 46.2. The Labute approximate surface area is 477 Å². The number of halogens is 6. The zero-order valence-electron chi connectivity index (χ0n) is 46.2. The van der Waals surface area contributed by atoms with Crippen LogP contribution in [0.25, 0.3) is 39.9 Å². The van der Waals surface area contributed by atoms with Crippen LogP contribution in [0.15, 0.2) is 98.0 Å². The lowest BCUT2D eigenvalue weighted by Gasteiger charge is -2.18. The highest BCUT2D eigenvalue weighted by molar-refractivity contribution is 5.68. The van der Waals surface area contributed by atoms with Crippen molar-refractivity contribution in [3.05, 3.63) is 154 Å². The number of hydrogen-bond acceptors (Lipinski definition) is 17. The van der Waals surface area contributed by atoms with Gasteiger partial charge in [0.1, 0.15) is 60.9 Å². The van der Waals surface area contributed by atoms with E-state index in [1.54, 1.807) is 74.5 Å². The third-order valence-electron chi connectivity index (χ3n) is 14.0. The first kappa shape index (κ1) is 56.4. The van der Waals surface area contributed by atoms with Gasteiger partial charge in [-0.05, 0) is 79.5 Å². The van der Waals surface area contributed by atoms with Gasteiger partial charge in [-0.2, -0.15) is 41.4 Å². The minimum absolute atomic E-state index is 0.00902. The summed E-state index contributed by atoms with van der Waals surface area (Å²) in [6, 6.07) is 18.4. The quantitative estimate of drug-likeness (QED) is 0.0579. The number of nitrogens with zero attached hydrogens (tertiary/aromatic N) is 12. The molecule has 2 aliphatic carbocycles. The average Bonchev–Trinajstić information content (AvgIpc) is 4.61. The second-order valence-electron chi connectivity index (χ2n) is 20.0. The van der Waals surface area contributed by atoms with Crippen LogP contribution in [-0.4, -0.2) is 87.1 Å². The number of hydrogen-bond donors (Lipinski definition) is 0. The number of aryl methyl sites for hydroxylation is 2. The molecule has 2 aliphatic rings. The summed E-state index contributed by atoms with van der Waals surface area (Å²) in [5.41, 5.74) is 4.78. The molecule has 2 saturated carbocycles. The molecule has 0 atom stereocenters. The summed E-state index contributed by atoms with van der Waals surface area (Å²) in [4.78, 5) is 40.1. The van der Waals surface area contributed by atoms with E-state index in [-0.39, 0.29) is 96.9 Å². The van der Waals surface area contributed by atoms with Crippen LogP contribution in [0.5, 0.6) is 40.8 Å². The minimum Gasteiger partial charge on any atom is -0.492 e. The first-order valence-electron chi connectivity index (χ1n) is 26.7. The maximum atomic E-state index is 14.5. The van der Waals surface area contributed by atoms with Crippen LogP contribution >= 0.6 is 0 Å². The summed E-state index contributed by atoms with van der Waals surface area (Å²) in [5, 5.41) is 4.11. The largest absolute Gasteiger partial charge is 0.492 e. The third-order valence-corrected chi connectivity index (χ3v) is 14.0. The Bertz CT molecular complexity index is 3850. The predicted molar refractivity (Wildman–Crippen MR) is 290 cm³/mol. The molecule has 434 valence electrons. The van der Waals surface area contributed by atoms with Gasteiger partial charge in [0.2, 0.25) is 11.8 Å². The molecule has 19 nitrogen and oxygen atoms in total. The standard InChI is InChI=1S/C59H54F6N12O7/c1-7-81-41-22-36(29-84-54-42(78-4)24-66-51(73-54)46-48(37-16-17-37)68-30-70-56(46)79-5)20-32(2)50(41)77-40(23-44(75-77)58(60,61)62)21-33-8-10-34(11-9-33)27-82-43-25-67-52(47-49(38-18-19-38)69-31-71-57(47)80-6)74-55(43)83-28-35-12-14-39(15-13-35)53-72-45(26-76(53)3)59(63,64)65/h8-15,20,22-26,30-31,37-38H,7,16-19,21,27-29H2,1-6H3. The topological polar surface area (TPSA) is 203 Å². The van der Waals surface area contributed by atoms with E-state index in [4.69, 9.17) is 43.1 Å². The smallest absolute Gasteiger partial charge is 0.435 e. The summed E-state index contributed by atoms with van der Waals surface area (Å²) in [5.74, 6) is 2.64. The fourth-order valence-electron chi connectivity index (χ4n) is 9.59. The van der Waals surface area contributed by atoms with E-state index in [0.717, 1.165) is 49.3 Å². The lowest BCUT2D eigenvalue weighted by Crippen LogP contribution is -2.11. The minimum atomic E-state index is -4.76. The van der Waals surface area contributed by atoms with Crippen molar-refractivity contribution in [1.29, 1.82) is 0 Å². The van der Waals surface area contributed by atoms with Crippen LogP contribution in [-0.2, 0) is 45.6 Å². The number of ether oxygens (including phenoxy) is 7. The maximum absolute atomic E-state index is 14.5. The van der Waals surface area contributed by atoms with Crippen molar-refractivity contribution in [3.63, 3.8) is 0 Å². The summed E-state index contributed by atoms with van der Waals surface area (Å²) in [6.45, 7) is 3.69.